The molecule has 0 atom stereocenters. The first kappa shape index (κ1) is 11.8. The van der Waals surface area contributed by atoms with E-state index in [0.29, 0.717) is 6.04 Å². The summed E-state index contributed by atoms with van der Waals surface area (Å²) in [4.78, 5) is 11.7. The molecule has 92 valence electrons. The van der Waals surface area contributed by atoms with Gasteiger partial charge in [0, 0.05) is 11.7 Å². The maximum absolute atomic E-state index is 11.7. The number of anilines is 1. The summed E-state index contributed by atoms with van der Waals surface area (Å²) in [6.45, 7) is 1.95. The van der Waals surface area contributed by atoms with Crippen molar-refractivity contribution in [3.8, 4) is 5.75 Å². The van der Waals surface area contributed by atoms with E-state index in [4.69, 9.17) is 4.74 Å². The number of urea groups is 1. The van der Waals surface area contributed by atoms with Gasteiger partial charge in [0.05, 0.1) is 7.11 Å². The van der Waals surface area contributed by atoms with Gasteiger partial charge in [-0.05, 0) is 49.9 Å². The fourth-order valence-corrected chi connectivity index (χ4v) is 1.80. The zero-order chi connectivity index (χ0) is 12.3. The molecule has 0 radical (unpaired) electrons. The lowest BCUT2D eigenvalue weighted by Gasteiger charge is -2.26. The Morgan fingerprint density at radius 1 is 1.41 bits per heavy atom. The highest BCUT2D eigenvalue weighted by Crippen LogP contribution is 2.22. The normalized spacial score (nSPS) is 14.9. The van der Waals surface area contributed by atoms with Crippen LogP contribution in [0.4, 0.5) is 10.5 Å². The van der Waals surface area contributed by atoms with Crippen molar-refractivity contribution in [2.75, 3.05) is 12.4 Å². The molecule has 1 aromatic rings. The van der Waals surface area contributed by atoms with Gasteiger partial charge in [0.15, 0.2) is 0 Å². The minimum Gasteiger partial charge on any atom is -0.497 e. The Labute approximate surface area is 101 Å². The van der Waals surface area contributed by atoms with Crippen LogP contribution in [0.15, 0.2) is 18.2 Å². The van der Waals surface area contributed by atoms with Gasteiger partial charge in [-0.3, -0.25) is 0 Å². The van der Waals surface area contributed by atoms with Gasteiger partial charge in [0.25, 0.3) is 0 Å². The average Bonchev–Trinajstić information content (AvgIpc) is 2.26. The zero-order valence-electron chi connectivity index (χ0n) is 10.2. The number of aryl methyl sites for hydroxylation is 1. The van der Waals surface area contributed by atoms with Crippen LogP contribution in [0.1, 0.15) is 24.8 Å². The number of benzene rings is 1. The molecule has 2 amide bonds. The number of methoxy groups -OCH3 is 1. The SMILES string of the molecule is COc1ccc(NC(=O)NC2CCC2)c(C)c1. The Bertz CT molecular complexity index is 414. The van der Waals surface area contributed by atoms with Crippen molar-refractivity contribution < 1.29 is 9.53 Å². The lowest BCUT2D eigenvalue weighted by molar-refractivity contribution is 0.240. The summed E-state index contributed by atoms with van der Waals surface area (Å²) in [7, 11) is 1.63. The summed E-state index contributed by atoms with van der Waals surface area (Å²) in [5.74, 6) is 0.799. The van der Waals surface area contributed by atoms with Crippen LogP contribution in [0.2, 0.25) is 0 Å². The topological polar surface area (TPSA) is 50.4 Å². The number of rotatable bonds is 3. The van der Waals surface area contributed by atoms with Crippen LogP contribution in [-0.2, 0) is 0 Å². The third kappa shape index (κ3) is 2.90. The van der Waals surface area contributed by atoms with E-state index in [1.807, 2.05) is 25.1 Å². The molecular formula is C13H18N2O2. The van der Waals surface area contributed by atoms with Gasteiger partial charge in [-0.2, -0.15) is 0 Å². The van der Waals surface area contributed by atoms with E-state index >= 15 is 0 Å². The lowest BCUT2D eigenvalue weighted by Crippen LogP contribution is -2.41. The molecule has 0 aromatic heterocycles. The third-order valence-corrected chi connectivity index (χ3v) is 3.12. The number of nitrogens with one attached hydrogen (secondary N) is 2. The number of ether oxygens (including phenoxy) is 1. The molecule has 1 aliphatic carbocycles. The Kier molecular flexibility index (Phi) is 3.52. The van der Waals surface area contributed by atoms with Gasteiger partial charge in [-0.1, -0.05) is 0 Å². The van der Waals surface area contributed by atoms with Crippen LogP contribution in [0, 0.1) is 6.92 Å². The monoisotopic (exact) mass is 234 g/mol. The molecule has 4 nitrogen and oxygen atoms in total. The molecule has 0 saturated heterocycles. The van der Waals surface area contributed by atoms with E-state index in [-0.39, 0.29) is 6.03 Å². The largest absolute Gasteiger partial charge is 0.497 e. The lowest BCUT2D eigenvalue weighted by atomic mass is 9.93. The summed E-state index contributed by atoms with van der Waals surface area (Å²) in [5, 5.41) is 5.79. The maximum Gasteiger partial charge on any atom is 0.319 e. The highest BCUT2D eigenvalue weighted by molar-refractivity contribution is 5.90. The van der Waals surface area contributed by atoms with E-state index in [9.17, 15) is 4.79 Å². The molecule has 2 rings (SSSR count). The fourth-order valence-electron chi connectivity index (χ4n) is 1.80. The molecule has 0 unspecified atom stereocenters. The average molecular weight is 234 g/mol. The van der Waals surface area contributed by atoms with Crippen molar-refractivity contribution in [1.82, 2.24) is 5.32 Å². The second-order valence-electron chi connectivity index (χ2n) is 4.41. The van der Waals surface area contributed by atoms with Gasteiger partial charge in [-0.15, -0.1) is 0 Å². The maximum atomic E-state index is 11.7. The summed E-state index contributed by atoms with van der Waals surface area (Å²) in [6, 6.07) is 5.83. The molecule has 0 bridgehead atoms. The smallest absolute Gasteiger partial charge is 0.319 e. The molecule has 2 N–H and O–H groups in total. The van der Waals surface area contributed by atoms with E-state index in [2.05, 4.69) is 10.6 Å². The van der Waals surface area contributed by atoms with E-state index in [1.165, 1.54) is 6.42 Å². The van der Waals surface area contributed by atoms with Gasteiger partial charge < -0.3 is 15.4 Å². The first-order chi connectivity index (χ1) is 8.19. The van der Waals surface area contributed by atoms with E-state index in [0.717, 1.165) is 29.8 Å². The molecule has 1 aromatic carbocycles. The molecule has 17 heavy (non-hydrogen) atoms. The molecule has 1 fully saturated rings. The summed E-state index contributed by atoms with van der Waals surface area (Å²) >= 11 is 0. The van der Waals surface area contributed by atoms with Crippen molar-refractivity contribution in [2.45, 2.75) is 32.2 Å². The number of hydrogen-bond acceptors (Lipinski definition) is 2. The first-order valence-corrected chi connectivity index (χ1v) is 5.91. The van der Waals surface area contributed by atoms with E-state index in [1.54, 1.807) is 7.11 Å². The number of carbonyl (C=O) groups excluding carboxylic acids is 1. The first-order valence-electron chi connectivity index (χ1n) is 5.91. The molecular weight excluding hydrogens is 216 g/mol. The molecule has 1 saturated carbocycles. The van der Waals surface area contributed by atoms with Crippen LogP contribution in [-0.4, -0.2) is 19.2 Å². The zero-order valence-corrected chi connectivity index (χ0v) is 10.2. The van der Waals surface area contributed by atoms with Crippen molar-refractivity contribution >= 4 is 11.7 Å². The Morgan fingerprint density at radius 2 is 2.18 bits per heavy atom. The molecule has 0 spiro atoms. The summed E-state index contributed by atoms with van der Waals surface area (Å²) in [6.07, 6.45) is 3.40. The van der Waals surface area contributed by atoms with Gasteiger partial charge >= 0.3 is 6.03 Å². The van der Waals surface area contributed by atoms with Crippen molar-refractivity contribution in [3.05, 3.63) is 23.8 Å². The standard InChI is InChI=1S/C13H18N2O2/c1-9-8-11(17-2)6-7-12(9)15-13(16)14-10-4-3-5-10/h6-8,10H,3-5H2,1-2H3,(H2,14,15,16). The fraction of sp³-hybridized carbons (Fsp3) is 0.462. The van der Waals surface area contributed by atoms with Gasteiger partial charge in [-0.25, -0.2) is 4.79 Å². The second-order valence-corrected chi connectivity index (χ2v) is 4.41. The van der Waals surface area contributed by atoms with Crippen LogP contribution in [0.5, 0.6) is 5.75 Å². The number of carbonyl (C=O) groups is 1. The van der Waals surface area contributed by atoms with Crippen molar-refractivity contribution in [2.24, 2.45) is 0 Å². The van der Waals surface area contributed by atoms with Gasteiger partial charge in [0.2, 0.25) is 0 Å². The predicted molar refractivity (Wildman–Crippen MR) is 67.5 cm³/mol. The van der Waals surface area contributed by atoms with Crippen molar-refractivity contribution in [3.63, 3.8) is 0 Å². The highest BCUT2D eigenvalue weighted by Gasteiger charge is 2.19. The highest BCUT2D eigenvalue weighted by atomic mass is 16.5. The molecule has 0 aliphatic heterocycles. The van der Waals surface area contributed by atoms with Crippen LogP contribution in [0.25, 0.3) is 0 Å². The van der Waals surface area contributed by atoms with Crippen LogP contribution in [0.3, 0.4) is 0 Å². The third-order valence-electron chi connectivity index (χ3n) is 3.12. The second kappa shape index (κ2) is 5.08. The summed E-state index contributed by atoms with van der Waals surface area (Å²) < 4.78 is 5.12. The summed E-state index contributed by atoms with van der Waals surface area (Å²) in [5.41, 5.74) is 1.82. The Morgan fingerprint density at radius 3 is 2.71 bits per heavy atom. The van der Waals surface area contributed by atoms with E-state index < -0.39 is 0 Å². The predicted octanol–water partition coefficient (Wildman–Crippen LogP) is 2.68. The minimum absolute atomic E-state index is 0.122. The minimum atomic E-state index is -0.122. The van der Waals surface area contributed by atoms with Crippen LogP contribution >= 0.6 is 0 Å². The quantitative estimate of drug-likeness (QED) is 0.844. The molecule has 0 heterocycles. The Hall–Kier alpha value is -1.71. The van der Waals surface area contributed by atoms with Crippen LogP contribution < -0.4 is 15.4 Å². The number of hydrogen-bond donors (Lipinski definition) is 2. The van der Waals surface area contributed by atoms with Crippen molar-refractivity contribution in [1.29, 1.82) is 0 Å². The molecule has 4 heteroatoms. The Balaban J connectivity index is 1.95. The number of amides is 2. The van der Waals surface area contributed by atoms with Gasteiger partial charge in [0.1, 0.15) is 5.75 Å². The molecule has 1 aliphatic rings.